The first-order valence-electron chi connectivity index (χ1n) is 13.9. The zero-order valence-corrected chi connectivity index (χ0v) is 24.0. The summed E-state index contributed by atoms with van der Waals surface area (Å²) < 4.78 is 65.2. The van der Waals surface area contributed by atoms with Gasteiger partial charge in [0.25, 0.3) is 6.29 Å². The number of carboxylic acid groups (broad SMARTS) is 1. The topological polar surface area (TPSA) is 82.8 Å². The van der Waals surface area contributed by atoms with Crippen LogP contribution >= 0.6 is 11.6 Å². The summed E-state index contributed by atoms with van der Waals surface area (Å²) >= 11 is 5.87. The molecular formula is C33H24ClF3N2O5. The van der Waals surface area contributed by atoms with Crippen LogP contribution in [0.5, 0.6) is 11.5 Å². The molecule has 1 unspecified atom stereocenters. The molecule has 44 heavy (non-hydrogen) atoms. The molecule has 0 saturated carbocycles. The van der Waals surface area contributed by atoms with Crippen LogP contribution in [0, 0.1) is 24.4 Å². The predicted molar refractivity (Wildman–Crippen MR) is 156 cm³/mol. The van der Waals surface area contributed by atoms with Crippen molar-refractivity contribution in [3.05, 3.63) is 111 Å². The highest BCUT2D eigenvalue weighted by Crippen LogP contribution is 2.48. The Morgan fingerprint density at radius 2 is 1.84 bits per heavy atom. The van der Waals surface area contributed by atoms with Crippen molar-refractivity contribution in [2.24, 2.45) is 0 Å². The van der Waals surface area contributed by atoms with Crippen molar-refractivity contribution in [1.82, 2.24) is 9.55 Å². The first-order valence-corrected chi connectivity index (χ1v) is 14.3. The van der Waals surface area contributed by atoms with E-state index in [-0.39, 0.29) is 56.9 Å². The standard InChI is InChI=1S/C33H24ClF3N2O5/c1-16-9-18(32(40)41)11-27-30(16)38-29(39(27)15-20-7-8-42-20)12-17-10-25(36)23(14-24(17)35)21-3-2-4-28-31(21)44-33(43-28)22-6-5-19(34)13-26(22)37/h2-6,9-11,13-14,20,33H,7-8,12,15H2,1H3,(H,40,41)/t20-,33?/m0/s1. The van der Waals surface area contributed by atoms with Gasteiger partial charge in [-0.15, -0.1) is 0 Å². The second kappa shape index (κ2) is 10.9. The van der Waals surface area contributed by atoms with E-state index in [1.54, 1.807) is 31.2 Å². The van der Waals surface area contributed by atoms with Gasteiger partial charge in [0.2, 0.25) is 0 Å². The molecule has 1 N–H and O–H groups in total. The molecule has 3 heterocycles. The minimum atomic E-state index is -1.13. The number of aromatic nitrogens is 2. The Balaban J connectivity index is 1.23. The summed E-state index contributed by atoms with van der Waals surface area (Å²) in [7, 11) is 0. The third-order valence-corrected chi connectivity index (χ3v) is 8.21. The van der Waals surface area contributed by atoms with Gasteiger partial charge in [-0.05, 0) is 73.0 Å². The van der Waals surface area contributed by atoms with E-state index in [9.17, 15) is 14.3 Å². The van der Waals surface area contributed by atoms with Crippen LogP contribution in [0.3, 0.4) is 0 Å². The molecule has 0 amide bonds. The van der Waals surface area contributed by atoms with Gasteiger partial charge in [0.1, 0.15) is 23.3 Å². The zero-order valence-electron chi connectivity index (χ0n) is 23.2. The lowest BCUT2D eigenvalue weighted by molar-refractivity contribution is -0.0589. The molecule has 1 fully saturated rings. The molecule has 2 aliphatic heterocycles. The Labute approximate surface area is 254 Å². The summed E-state index contributed by atoms with van der Waals surface area (Å²) in [6.45, 7) is 2.79. The molecule has 11 heteroatoms. The smallest absolute Gasteiger partial charge is 0.335 e. The third-order valence-electron chi connectivity index (χ3n) is 7.98. The number of nitrogens with zero attached hydrogens (tertiary/aromatic N) is 2. The lowest BCUT2D eigenvalue weighted by Crippen LogP contribution is -2.31. The molecule has 1 aromatic heterocycles. The monoisotopic (exact) mass is 620 g/mol. The maximum absolute atomic E-state index is 15.8. The minimum Gasteiger partial charge on any atom is -0.478 e. The summed E-state index contributed by atoms with van der Waals surface area (Å²) in [6.07, 6.45) is -0.436. The molecule has 0 bridgehead atoms. The lowest BCUT2D eigenvalue weighted by Gasteiger charge is -2.27. The van der Waals surface area contributed by atoms with Gasteiger partial charge in [0, 0.05) is 29.2 Å². The van der Waals surface area contributed by atoms with Crippen LogP contribution in [0.2, 0.25) is 5.02 Å². The van der Waals surface area contributed by atoms with Crippen LogP contribution in [0.1, 0.15) is 45.6 Å². The highest BCUT2D eigenvalue weighted by Gasteiger charge is 2.32. The summed E-state index contributed by atoms with van der Waals surface area (Å²) in [5, 5.41) is 9.81. The molecule has 224 valence electrons. The first-order chi connectivity index (χ1) is 21.2. The van der Waals surface area contributed by atoms with Gasteiger partial charge in [0.15, 0.2) is 11.5 Å². The summed E-state index contributed by atoms with van der Waals surface area (Å²) in [6, 6.07) is 14.2. The number of hydrogen-bond acceptors (Lipinski definition) is 5. The molecule has 1 saturated heterocycles. The first kappa shape index (κ1) is 28.2. The third kappa shape index (κ3) is 4.93. The lowest BCUT2D eigenvalue weighted by atomic mass is 10.00. The molecule has 0 aliphatic carbocycles. The molecule has 4 aromatic carbocycles. The van der Waals surface area contributed by atoms with E-state index in [4.69, 9.17) is 30.8 Å². The minimum absolute atomic E-state index is 0.0449. The Kier molecular flexibility index (Phi) is 6.98. The number of ether oxygens (including phenoxy) is 3. The Morgan fingerprint density at radius 3 is 2.57 bits per heavy atom. The van der Waals surface area contributed by atoms with Gasteiger partial charge < -0.3 is 23.9 Å². The van der Waals surface area contributed by atoms with E-state index in [0.717, 1.165) is 24.6 Å². The normalized spacial score (nSPS) is 17.2. The Hall–Kier alpha value is -4.54. The second-order valence-corrected chi connectivity index (χ2v) is 11.3. The number of carbonyl (C=O) groups is 1. The van der Waals surface area contributed by atoms with E-state index in [0.29, 0.717) is 35.6 Å². The van der Waals surface area contributed by atoms with Gasteiger partial charge >= 0.3 is 5.97 Å². The van der Waals surface area contributed by atoms with Gasteiger partial charge in [-0.3, -0.25) is 0 Å². The van der Waals surface area contributed by atoms with Crippen molar-refractivity contribution < 1.29 is 37.3 Å². The van der Waals surface area contributed by atoms with Crippen molar-refractivity contribution in [3.8, 4) is 22.6 Å². The average Bonchev–Trinajstić information content (AvgIpc) is 3.54. The van der Waals surface area contributed by atoms with Crippen LogP contribution in [0.4, 0.5) is 13.2 Å². The molecule has 7 nitrogen and oxygen atoms in total. The average molecular weight is 621 g/mol. The highest BCUT2D eigenvalue weighted by molar-refractivity contribution is 6.30. The van der Waals surface area contributed by atoms with Crippen LogP contribution in [0.15, 0.2) is 60.7 Å². The van der Waals surface area contributed by atoms with E-state index in [2.05, 4.69) is 0 Å². The molecule has 5 aromatic rings. The fourth-order valence-electron chi connectivity index (χ4n) is 5.64. The van der Waals surface area contributed by atoms with E-state index in [1.807, 2.05) is 4.57 Å². The van der Waals surface area contributed by atoms with Gasteiger partial charge in [-0.1, -0.05) is 23.7 Å². The van der Waals surface area contributed by atoms with Crippen molar-refractivity contribution in [1.29, 1.82) is 0 Å². The largest absolute Gasteiger partial charge is 0.478 e. The number of imidazole rings is 1. The number of aromatic carboxylic acids is 1. The number of carboxylic acids is 1. The molecular weight excluding hydrogens is 597 g/mol. The van der Waals surface area contributed by atoms with E-state index < -0.39 is 29.7 Å². The Bertz CT molecular complexity index is 1970. The zero-order chi connectivity index (χ0) is 30.7. The molecule has 0 radical (unpaired) electrons. The van der Waals surface area contributed by atoms with Crippen LogP contribution in [0.25, 0.3) is 22.2 Å². The molecule has 0 spiro atoms. The number of aryl methyl sites for hydroxylation is 1. The van der Waals surface area contributed by atoms with Gasteiger partial charge in [-0.2, -0.15) is 0 Å². The number of rotatable bonds is 7. The van der Waals surface area contributed by atoms with Crippen molar-refractivity contribution in [3.63, 3.8) is 0 Å². The van der Waals surface area contributed by atoms with E-state index >= 15 is 8.78 Å². The van der Waals surface area contributed by atoms with Crippen LogP contribution < -0.4 is 9.47 Å². The summed E-state index contributed by atoms with van der Waals surface area (Å²) in [5.41, 5.74) is 2.32. The summed E-state index contributed by atoms with van der Waals surface area (Å²) in [4.78, 5) is 16.4. The molecule has 2 atom stereocenters. The van der Waals surface area contributed by atoms with Crippen molar-refractivity contribution in [2.75, 3.05) is 6.61 Å². The quantitative estimate of drug-likeness (QED) is 0.201. The molecule has 2 aliphatic rings. The summed E-state index contributed by atoms with van der Waals surface area (Å²) in [5.74, 6) is -2.19. The number of hydrogen-bond donors (Lipinski definition) is 1. The fourth-order valence-corrected chi connectivity index (χ4v) is 5.80. The van der Waals surface area contributed by atoms with E-state index in [1.165, 1.54) is 18.2 Å². The maximum Gasteiger partial charge on any atom is 0.335 e. The van der Waals surface area contributed by atoms with Crippen LogP contribution in [-0.4, -0.2) is 33.3 Å². The number of para-hydroxylation sites is 1. The van der Waals surface area contributed by atoms with Gasteiger partial charge in [0.05, 0.1) is 34.8 Å². The SMILES string of the molecule is Cc1cc(C(=O)O)cc2c1nc(Cc1cc(F)c(-c3cccc4c3OC(c3ccc(Cl)cc3F)O4)cc1F)n2C[C@@H]1CCO1. The van der Waals surface area contributed by atoms with Crippen LogP contribution in [-0.2, 0) is 17.7 Å². The fraction of sp³-hybridized carbons (Fsp3) is 0.212. The molecule has 7 rings (SSSR count). The highest BCUT2D eigenvalue weighted by atomic mass is 35.5. The second-order valence-electron chi connectivity index (χ2n) is 10.9. The van der Waals surface area contributed by atoms with Gasteiger partial charge in [-0.25, -0.2) is 22.9 Å². The van der Waals surface area contributed by atoms with Crippen molar-refractivity contribution >= 4 is 28.6 Å². The number of halogens is 4. The Morgan fingerprint density at radius 1 is 1.02 bits per heavy atom. The maximum atomic E-state index is 15.8. The predicted octanol–water partition coefficient (Wildman–Crippen LogP) is 7.63. The number of fused-ring (bicyclic) bond motifs is 2. The van der Waals surface area contributed by atoms with Crippen molar-refractivity contribution in [2.45, 2.75) is 38.7 Å². The number of benzene rings is 4.